The summed E-state index contributed by atoms with van der Waals surface area (Å²) in [7, 11) is 3.39. The minimum Gasteiger partial charge on any atom is -0.495 e. The van der Waals surface area contributed by atoms with E-state index in [1.165, 1.54) is 13.2 Å². The van der Waals surface area contributed by atoms with Gasteiger partial charge < -0.3 is 10.1 Å². The number of amides is 1. The van der Waals surface area contributed by atoms with Crippen molar-refractivity contribution in [1.29, 1.82) is 0 Å². The molecule has 0 atom stereocenters. The van der Waals surface area contributed by atoms with Gasteiger partial charge in [0.2, 0.25) is 5.96 Å². The molecule has 0 unspecified atom stereocenters. The molecule has 0 bridgehead atoms. The van der Waals surface area contributed by atoms with Gasteiger partial charge in [-0.2, -0.15) is 5.10 Å². The molecule has 2 aromatic carbocycles. The first-order valence-electron chi connectivity index (χ1n) is 9.91. The second-order valence-corrected chi connectivity index (χ2v) is 7.76. The highest BCUT2D eigenvalue weighted by Gasteiger charge is 2.15. The van der Waals surface area contributed by atoms with Gasteiger partial charge in [0.1, 0.15) is 11.6 Å². The third-order valence-corrected chi connectivity index (χ3v) is 5.37. The van der Waals surface area contributed by atoms with E-state index in [9.17, 15) is 9.18 Å². The Hall–Kier alpha value is -3.39. The summed E-state index contributed by atoms with van der Waals surface area (Å²) in [5, 5.41) is 10.7. The van der Waals surface area contributed by atoms with E-state index < -0.39 is 11.7 Å². The van der Waals surface area contributed by atoms with Gasteiger partial charge in [0, 0.05) is 28.9 Å². The van der Waals surface area contributed by atoms with Crippen molar-refractivity contribution in [3.8, 4) is 5.75 Å². The second-order valence-electron chi connectivity index (χ2n) is 7.33. The zero-order chi connectivity index (χ0) is 23.4. The number of nitrogens with zero attached hydrogens (tertiary/aromatic N) is 3. The quantitative estimate of drug-likeness (QED) is 0.435. The minimum atomic E-state index is -0.504. The van der Waals surface area contributed by atoms with Crippen molar-refractivity contribution in [1.82, 2.24) is 15.1 Å². The number of anilines is 1. The van der Waals surface area contributed by atoms with Gasteiger partial charge in [-0.05, 0) is 56.7 Å². The summed E-state index contributed by atoms with van der Waals surface area (Å²) in [4.78, 5) is 17.4. The monoisotopic (exact) mass is 457 g/mol. The number of hydrogen-bond acceptors (Lipinski definition) is 4. The van der Waals surface area contributed by atoms with Crippen molar-refractivity contribution < 1.29 is 13.9 Å². The summed E-state index contributed by atoms with van der Waals surface area (Å²) < 4.78 is 21.1. The highest BCUT2D eigenvalue weighted by Crippen LogP contribution is 2.27. The van der Waals surface area contributed by atoms with Gasteiger partial charge in [0.25, 0.3) is 5.91 Å². The van der Waals surface area contributed by atoms with E-state index in [-0.39, 0.29) is 18.1 Å². The zero-order valence-corrected chi connectivity index (χ0v) is 19.3. The fourth-order valence-corrected chi connectivity index (χ4v) is 3.31. The van der Waals surface area contributed by atoms with Gasteiger partial charge in [-0.3, -0.25) is 14.8 Å². The van der Waals surface area contributed by atoms with Crippen LogP contribution < -0.4 is 15.4 Å². The third-order valence-electron chi connectivity index (χ3n) is 5.13. The zero-order valence-electron chi connectivity index (χ0n) is 18.6. The minimum absolute atomic E-state index is 0.166. The predicted molar refractivity (Wildman–Crippen MR) is 124 cm³/mol. The number of aromatic nitrogens is 2. The molecule has 0 aliphatic carbocycles. The molecule has 7 nitrogen and oxygen atoms in total. The Labute approximate surface area is 191 Å². The number of halogens is 2. The summed E-state index contributed by atoms with van der Waals surface area (Å²) in [5.74, 6) is -0.274. The molecule has 1 heterocycles. The van der Waals surface area contributed by atoms with Crippen LogP contribution in [0, 0.1) is 26.6 Å². The molecule has 3 rings (SSSR count). The van der Waals surface area contributed by atoms with Crippen molar-refractivity contribution in [3.63, 3.8) is 0 Å². The topological polar surface area (TPSA) is 80.5 Å². The van der Waals surface area contributed by atoms with E-state index in [0.29, 0.717) is 22.0 Å². The number of nitrogens with one attached hydrogen (secondary N) is 2. The maximum Gasteiger partial charge on any atom is 0.258 e. The number of rotatable bonds is 5. The average Bonchev–Trinajstić information content (AvgIpc) is 2.99. The molecule has 0 radical (unpaired) electrons. The van der Waals surface area contributed by atoms with Crippen LogP contribution >= 0.6 is 11.6 Å². The molecule has 0 spiro atoms. The third kappa shape index (κ3) is 5.26. The van der Waals surface area contributed by atoms with Gasteiger partial charge in [-0.1, -0.05) is 17.7 Å². The molecular formula is C23H25ClFN5O2. The van der Waals surface area contributed by atoms with Gasteiger partial charge >= 0.3 is 0 Å². The normalized spacial score (nSPS) is 11.4. The average molecular weight is 458 g/mol. The van der Waals surface area contributed by atoms with Crippen LogP contribution in [-0.4, -0.2) is 28.8 Å². The number of aryl methyl sites for hydroxylation is 3. The number of aliphatic imine (C=N–C) groups is 1. The number of guanidine groups is 1. The lowest BCUT2D eigenvalue weighted by Crippen LogP contribution is -2.36. The number of hydrogen-bond donors (Lipinski definition) is 2. The number of ether oxygens (including phenoxy) is 1. The Morgan fingerprint density at radius 2 is 1.97 bits per heavy atom. The molecule has 0 saturated heterocycles. The highest BCUT2D eigenvalue weighted by atomic mass is 35.5. The SMILES string of the molecule is COc1ccc(Cl)cc1NC(=NCc1c(C)nn(C)c1C)NC(=O)c1ccc(C)c(F)c1. The van der Waals surface area contributed by atoms with Crippen LogP contribution in [-0.2, 0) is 13.6 Å². The summed E-state index contributed by atoms with van der Waals surface area (Å²) in [5.41, 5.74) is 3.92. The summed E-state index contributed by atoms with van der Waals surface area (Å²) in [6.45, 7) is 5.76. The lowest BCUT2D eigenvalue weighted by Gasteiger charge is -2.15. The molecule has 0 fully saturated rings. The summed E-state index contributed by atoms with van der Waals surface area (Å²) >= 11 is 6.13. The molecule has 9 heteroatoms. The van der Waals surface area contributed by atoms with E-state index in [1.807, 2.05) is 20.9 Å². The van der Waals surface area contributed by atoms with Crippen LogP contribution in [0.5, 0.6) is 5.75 Å². The largest absolute Gasteiger partial charge is 0.495 e. The van der Waals surface area contributed by atoms with Crippen LogP contribution in [0.25, 0.3) is 0 Å². The van der Waals surface area contributed by atoms with Crippen LogP contribution in [0.1, 0.15) is 32.9 Å². The Morgan fingerprint density at radius 1 is 1.22 bits per heavy atom. The fraction of sp³-hybridized carbons (Fsp3) is 0.261. The number of methoxy groups -OCH3 is 1. The Bertz CT molecular complexity index is 1190. The molecule has 0 aliphatic rings. The molecule has 2 N–H and O–H groups in total. The molecule has 3 aromatic rings. The van der Waals surface area contributed by atoms with Gasteiger partial charge in [0.15, 0.2) is 0 Å². The molecule has 168 valence electrons. The molecule has 0 aliphatic heterocycles. The Morgan fingerprint density at radius 3 is 2.59 bits per heavy atom. The molecule has 32 heavy (non-hydrogen) atoms. The molecule has 1 aromatic heterocycles. The number of benzene rings is 2. The van der Waals surface area contributed by atoms with Gasteiger partial charge in [0.05, 0.1) is 25.0 Å². The van der Waals surface area contributed by atoms with E-state index >= 15 is 0 Å². The van der Waals surface area contributed by atoms with Crippen LogP contribution in [0.2, 0.25) is 5.02 Å². The first-order valence-corrected chi connectivity index (χ1v) is 10.3. The first-order chi connectivity index (χ1) is 15.2. The van der Waals surface area contributed by atoms with Crippen LogP contribution in [0.4, 0.5) is 10.1 Å². The van der Waals surface area contributed by atoms with E-state index in [2.05, 4.69) is 20.7 Å². The van der Waals surface area contributed by atoms with Crippen molar-refractivity contribution in [3.05, 3.63) is 75.3 Å². The maximum atomic E-state index is 14.0. The second kappa shape index (κ2) is 9.82. The van der Waals surface area contributed by atoms with Crippen molar-refractivity contribution >= 4 is 29.2 Å². The number of carbonyl (C=O) groups excluding carboxylic acids is 1. The van der Waals surface area contributed by atoms with Crippen LogP contribution in [0.15, 0.2) is 41.4 Å². The number of carbonyl (C=O) groups is 1. The van der Waals surface area contributed by atoms with Gasteiger partial charge in [-0.25, -0.2) is 9.38 Å². The Balaban J connectivity index is 1.93. The summed E-state index contributed by atoms with van der Waals surface area (Å²) in [6.07, 6.45) is 0. The van der Waals surface area contributed by atoms with E-state index in [0.717, 1.165) is 17.0 Å². The van der Waals surface area contributed by atoms with E-state index in [1.54, 1.807) is 41.9 Å². The van der Waals surface area contributed by atoms with Crippen molar-refractivity contribution in [2.75, 3.05) is 12.4 Å². The van der Waals surface area contributed by atoms with Crippen molar-refractivity contribution in [2.45, 2.75) is 27.3 Å². The smallest absolute Gasteiger partial charge is 0.258 e. The summed E-state index contributed by atoms with van der Waals surface area (Å²) in [6, 6.07) is 9.36. The Kier molecular flexibility index (Phi) is 7.15. The predicted octanol–water partition coefficient (Wildman–Crippen LogP) is 4.54. The van der Waals surface area contributed by atoms with Crippen molar-refractivity contribution in [2.24, 2.45) is 12.0 Å². The van der Waals surface area contributed by atoms with E-state index in [4.69, 9.17) is 16.3 Å². The highest BCUT2D eigenvalue weighted by molar-refractivity contribution is 6.31. The lowest BCUT2D eigenvalue weighted by atomic mass is 10.1. The maximum absolute atomic E-state index is 14.0. The molecule has 1 amide bonds. The molecular weight excluding hydrogens is 433 g/mol. The van der Waals surface area contributed by atoms with Gasteiger partial charge in [-0.15, -0.1) is 0 Å². The first kappa shape index (κ1) is 23.3. The molecule has 0 saturated carbocycles. The van der Waals surface area contributed by atoms with Crippen LogP contribution in [0.3, 0.4) is 0 Å². The lowest BCUT2D eigenvalue weighted by molar-refractivity contribution is 0.0976. The fourth-order valence-electron chi connectivity index (χ4n) is 3.13. The standard InChI is InChI=1S/C23H25ClFN5O2/c1-13-6-7-16(10-19(13)25)22(31)28-23(26-12-18-14(2)29-30(4)15(18)3)27-20-11-17(24)8-9-21(20)32-5/h6-11H,12H2,1-5H3,(H2,26,27,28,31).